The lowest BCUT2D eigenvalue weighted by molar-refractivity contribution is 0.451. The van der Waals surface area contributed by atoms with Gasteiger partial charge in [-0.1, -0.05) is 158 Å². The fourth-order valence-electron chi connectivity index (χ4n) is 11.0. The summed E-state index contributed by atoms with van der Waals surface area (Å²) >= 11 is 0. The van der Waals surface area contributed by atoms with Gasteiger partial charge in [-0.05, 0) is 149 Å². The Morgan fingerprint density at radius 2 is 0.982 bits per heavy atom. The van der Waals surface area contributed by atoms with Crippen LogP contribution in [0, 0.1) is 0 Å². The van der Waals surface area contributed by atoms with Gasteiger partial charge in [0.2, 0.25) is 0 Å². The molecule has 270 valence electrons. The Morgan fingerprint density at radius 3 is 1.65 bits per heavy atom. The standard InChI is InChI=1S/C56H41N/c1-56-32-14-25-52(56)51-33-39(26-31-53(51)57(56)40-21-9-4-10-22-40)49-34-47(37-15-5-2-6-16-37)43-29-30-46-50(42-24-13-20-36-19-11-12-23-41(36)42)35-48(38-17-7-3-8-18-38)44-27-28-45(49)54(43)55(44)46/h2-13,15-24,26-31,33-35,52H,14,25,32H2,1H3. The molecule has 2 aliphatic rings. The SMILES string of the molecule is CC12CCCC1c1cc(-c3cc(-c4ccccc4)c4ccc5c(-c6cccc7ccccc67)cc(-c6ccccc6)c6ccc3c4c65)ccc1N2c1ccccc1. The number of para-hydroxylation sites is 1. The predicted molar refractivity (Wildman–Crippen MR) is 243 cm³/mol. The average molecular weight is 728 g/mol. The van der Waals surface area contributed by atoms with E-state index < -0.39 is 0 Å². The summed E-state index contributed by atoms with van der Waals surface area (Å²) in [5.41, 5.74) is 14.4. The van der Waals surface area contributed by atoms with Crippen LogP contribution in [0.2, 0.25) is 0 Å². The highest BCUT2D eigenvalue weighted by Crippen LogP contribution is 2.59. The third-order valence-corrected chi connectivity index (χ3v) is 13.6. The minimum absolute atomic E-state index is 0.0754. The summed E-state index contributed by atoms with van der Waals surface area (Å²) in [7, 11) is 0. The molecule has 10 aromatic carbocycles. The van der Waals surface area contributed by atoms with E-state index >= 15 is 0 Å². The van der Waals surface area contributed by atoms with Crippen molar-refractivity contribution in [3.8, 4) is 44.5 Å². The number of rotatable bonds is 5. The Labute approximate surface area is 333 Å². The van der Waals surface area contributed by atoms with Gasteiger partial charge in [0.05, 0.1) is 0 Å². The third-order valence-electron chi connectivity index (χ3n) is 13.6. The van der Waals surface area contributed by atoms with Crippen molar-refractivity contribution in [1.82, 2.24) is 0 Å². The molecule has 1 nitrogen and oxygen atoms in total. The van der Waals surface area contributed by atoms with Gasteiger partial charge >= 0.3 is 0 Å². The van der Waals surface area contributed by atoms with Crippen LogP contribution in [0.4, 0.5) is 11.4 Å². The van der Waals surface area contributed by atoms with Crippen molar-refractivity contribution in [1.29, 1.82) is 0 Å². The molecule has 0 spiro atoms. The molecule has 2 atom stereocenters. The van der Waals surface area contributed by atoms with E-state index in [2.05, 4.69) is 200 Å². The maximum absolute atomic E-state index is 2.66. The van der Waals surface area contributed by atoms with Crippen molar-refractivity contribution in [3.05, 3.63) is 194 Å². The van der Waals surface area contributed by atoms with Crippen LogP contribution in [0.3, 0.4) is 0 Å². The molecule has 1 fully saturated rings. The predicted octanol–water partition coefficient (Wildman–Crippen LogP) is 15.6. The first-order chi connectivity index (χ1) is 28.2. The Bertz CT molecular complexity index is 3160. The number of hydrogen-bond donors (Lipinski definition) is 0. The summed E-state index contributed by atoms with van der Waals surface area (Å²) in [6, 6.07) is 70.6. The second kappa shape index (κ2) is 12.4. The lowest BCUT2D eigenvalue weighted by Gasteiger charge is -2.37. The van der Waals surface area contributed by atoms with Crippen LogP contribution < -0.4 is 4.90 Å². The zero-order chi connectivity index (χ0) is 37.7. The fourth-order valence-corrected chi connectivity index (χ4v) is 11.0. The molecule has 1 saturated carbocycles. The van der Waals surface area contributed by atoms with Crippen molar-refractivity contribution in [3.63, 3.8) is 0 Å². The molecule has 0 radical (unpaired) electrons. The summed E-state index contributed by atoms with van der Waals surface area (Å²) in [5.74, 6) is 0.498. The van der Waals surface area contributed by atoms with Crippen molar-refractivity contribution in [2.24, 2.45) is 0 Å². The van der Waals surface area contributed by atoms with Gasteiger partial charge in [-0.25, -0.2) is 0 Å². The van der Waals surface area contributed by atoms with Crippen molar-refractivity contribution >= 4 is 54.5 Å². The van der Waals surface area contributed by atoms with E-state index in [1.54, 1.807) is 0 Å². The molecule has 0 N–H and O–H groups in total. The molecule has 10 aromatic rings. The van der Waals surface area contributed by atoms with Crippen LogP contribution in [0.1, 0.15) is 37.7 Å². The zero-order valence-corrected chi connectivity index (χ0v) is 32.0. The zero-order valence-electron chi connectivity index (χ0n) is 32.0. The molecule has 1 aliphatic heterocycles. The minimum Gasteiger partial charge on any atom is -0.335 e. The second-order valence-corrected chi connectivity index (χ2v) is 16.5. The highest BCUT2D eigenvalue weighted by molar-refractivity contribution is 6.32. The van der Waals surface area contributed by atoms with Gasteiger partial charge in [0, 0.05) is 22.8 Å². The van der Waals surface area contributed by atoms with E-state index in [0.717, 1.165) is 0 Å². The topological polar surface area (TPSA) is 3.24 Å². The van der Waals surface area contributed by atoms with Gasteiger partial charge in [0.25, 0.3) is 0 Å². The summed E-state index contributed by atoms with van der Waals surface area (Å²) in [5, 5.41) is 10.4. The molecule has 0 aromatic heterocycles. The van der Waals surface area contributed by atoms with Gasteiger partial charge < -0.3 is 4.90 Å². The molecule has 1 heteroatoms. The second-order valence-electron chi connectivity index (χ2n) is 16.5. The molecule has 0 amide bonds. The van der Waals surface area contributed by atoms with Crippen molar-refractivity contribution < 1.29 is 0 Å². The maximum atomic E-state index is 2.66. The lowest BCUT2D eigenvalue weighted by atomic mass is 9.81. The highest BCUT2D eigenvalue weighted by Gasteiger charge is 2.51. The molecule has 1 aliphatic carbocycles. The normalized spacial score (nSPS) is 17.6. The summed E-state index contributed by atoms with van der Waals surface area (Å²) in [4.78, 5) is 2.66. The molecule has 0 bridgehead atoms. The maximum Gasteiger partial charge on any atom is 0.0492 e. The summed E-state index contributed by atoms with van der Waals surface area (Å²) in [6.07, 6.45) is 3.69. The van der Waals surface area contributed by atoms with Crippen LogP contribution in [0.5, 0.6) is 0 Å². The van der Waals surface area contributed by atoms with Crippen LogP contribution in [-0.4, -0.2) is 5.54 Å². The third kappa shape index (κ3) is 4.76. The number of nitrogens with zero attached hydrogens (tertiary/aromatic N) is 1. The molecule has 57 heavy (non-hydrogen) atoms. The van der Waals surface area contributed by atoms with Gasteiger partial charge in [0.15, 0.2) is 0 Å². The van der Waals surface area contributed by atoms with Gasteiger partial charge in [-0.15, -0.1) is 0 Å². The van der Waals surface area contributed by atoms with E-state index in [0.29, 0.717) is 5.92 Å². The van der Waals surface area contributed by atoms with Crippen LogP contribution in [0.15, 0.2) is 188 Å². The molecule has 1 heterocycles. The molecular formula is C56H41N. The smallest absolute Gasteiger partial charge is 0.0492 e. The van der Waals surface area contributed by atoms with E-state index in [4.69, 9.17) is 0 Å². The van der Waals surface area contributed by atoms with Crippen LogP contribution >= 0.6 is 0 Å². The first-order valence-corrected chi connectivity index (χ1v) is 20.5. The van der Waals surface area contributed by atoms with E-state index in [9.17, 15) is 0 Å². The molecule has 0 saturated heterocycles. The number of fused-ring (bicyclic) bond motifs is 4. The van der Waals surface area contributed by atoms with E-state index in [-0.39, 0.29) is 5.54 Å². The van der Waals surface area contributed by atoms with Gasteiger partial charge in [-0.2, -0.15) is 0 Å². The van der Waals surface area contributed by atoms with Crippen molar-refractivity contribution in [2.75, 3.05) is 4.90 Å². The molecule has 2 unspecified atom stereocenters. The van der Waals surface area contributed by atoms with E-state index in [1.165, 1.54) is 124 Å². The quantitative estimate of drug-likeness (QED) is 0.160. The summed E-state index contributed by atoms with van der Waals surface area (Å²) in [6.45, 7) is 2.50. The highest BCUT2D eigenvalue weighted by atomic mass is 15.2. The van der Waals surface area contributed by atoms with Crippen LogP contribution in [-0.2, 0) is 0 Å². The number of anilines is 2. The Balaban J connectivity index is 1.18. The molecule has 12 rings (SSSR count). The number of benzene rings is 10. The van der Waals surface area contributed by atoms with Gasteiger partial charge in [0.1, 0.15) is 0 Å². The first-order valence-electron chi connectivity index (χ1n) is 20.5. The van der Waals surface area contributed by atoms with Crippen molar-refractivity contribution in [2.45, 2.75) is 37.6 Å². The number of hydrogen-bond acceptors (Lipinski definition) is 1. The molecular weight excluding hydrogens is 687 g/mol. The van der Waals surface area contributed by atoms with Crippen LogP contribution in [0.25, 0.3) is 87.6 Å². The van der Waals surface area contributed by atoms with Gasteiger partial charge in [-0.3, -0.25) is 0 Å². The van der Waals surface area contributed by atoms with E-state index in [1.807, 2.05) is 0 Å². The Hall–Kier alpha value is -6.70. The Morgan fingerprint density at radius 1 is 0.439 bits per heavy atom. The minimum atomic E-state index is 0.0754. The monoisotopic (exact) mass is 727 g/mol. The largest absolute Gasteiger partial charge is 0.335 e. The Kier molecular flexibility index (Phi) is 7.08. The fraction of sp³-hybridized carbons (Fsp3) is 0.107. The first kappa shape index (κ1) is 32.5. The lowest BCUT2D eigenvalue weighted by Crippen LogP contribution is -2.40. The average Bonchev–Trinajstić information content (AvgIpc) is 3.78. The summed E-state index contributed by atoms with van der Waals surface area (Å²) < 4.78 is 0.